The Labute approximate surface area is 156 Å². The minimum atomic E-state index is -1.20. The molecule has 1 N–H and O–H groups in total. The van der Waals surface area contributed by atoms with Crippen LogP contribution in [0, 0.1) is 0 Å². The number of hydrogen-bond acceptors (Lipinski definition) is 4. The van der Waals surface area contributed by atoms with Gasteiger partial charge in [-0.2, -0.15) is 0 Å². The third kappa shape index (κ3) is 5.10. The molecule has 0 fully saturated rings. The maximum Gasteiger partial charge on any atom is 0.211 e. The van der Waals surface area contributed by atoms with E-state index >= 15 is 0 Å². The molecule has 1 amide bonds. The number of nitrogens with zero attached hydrogens (tertiary/aromatic N) is 2. The van der Waals surface area contributed by atoms with Gasteiger partial charge in [-0.3, -0.25) is 4.79 Å². The van der Waals surface area contributed by atoms with Crippen molar-refractivity contribution < 1.29 is 8.98 Å². The van der Waals surface area contributed by atoms with Crippen LogP contribution in [0.4, 0.5) is 11.4 Å². The molecule has 0 aliphatic heterocycles. The number of aromatic nitrogens is 1. The van der Waals surface area contributed by atoms with Crippen LogP contribution in [-0.4, -0.2) is 47.8 Å². The van der Waals surface area contributed by atoms with Gasteiger partial charge in [-0.1, -0.05) is 20.8 Å². The summed E-state index contributed by atoms with van der Waals surface area (Å²) in [5.74, 6) is 0. The molecule has 7 heteroatoms. The number of pyridine rings is 1. The normalized spacial score (nSPS) is 13.5. The summed E-state index contributed by atoms with van der Waals surface area (Å²) in [6.07, 6.45) is 6.71. The van der Waals surface area contributed by atoms with Crippen molar-refractivity contribution in [2.75, 3.05) is 36.4 Å². The second kappa shape index (κ2) is 7.62. The fourth-order valence-electron chi connectivity index (χ4n) is 1.76. The van der Waals surface area contributed by atoms with Gasteiger partial charge in [0, 0.05) is 11.8 Å². The van der Waals surface area contributed by atoms with E-state index in [1.54, 1.807) is 6.20 Å². The number of likely N-dealkylation sites (N-methyl/N-ethyl adjacent to an activating group) is 1. The van der Waals surface area contributed by atoms with E-state index in [0.717, 1.165) is 10.3 Å². The number of carbonyl (C=O) groups is 1. The van der Waals surface area contributed by atoms with Crippen LogP contribution in [-0.2, 0) is 8.98 Å². The molecular weight excluding hydrogens is 390 g/mol. The smallest absolute Gasteiger partial charge is 0.211 e. The standard InChI is InChI=1S/C17H30BrN3O2S/c1-16(2,3)24(7,8)23-11-17(4,5)21(6)14-9-15(18)19-10-13(14)20-12-22/h9-10,12H,11H2,1-8H3,(H,20,22). The third-order valence-corrected chi connectivity index (χ3v) is 8.60. The molecule has 1 aromatic rings. The van der Waals surface area contributed by atoms with Crippen LogP contribution in [0.1, 0.15) is 34.6 Å². The van der Waals surface area contributed by atoms with E-state index in [1.807, 2.05) is 13.1 Å². The molecule has 1 aromatic heterocycles. The molecule has 0 atom stereocenters. The van der Waals surface area contributed by atoms with Crippen LogP contribution in [0.3, 0.4) is 0 Å². The quantitative estimate of drug-likeness (QED) is 0.524. The Kier molecular flexibility index (Phi) is 6.75. The van der Waals surface area contributed by atoms with E-state index in [0.29, 0.717) is 18.7 Å². The zero-order chi connectivity index (χ0) is 18.8. The van der Waals surface area contributed by atoms with Gasteiger partial charge in [0.25, 0.3) is 0 Å². The van der Waals surface area contributed by atoms with Crippen LogP contribution >= 0.6 is 26.2 Å². The summed E-state index contributed by atoms with van der Waals surface area (Å²) >= 11 is 3.40. The Morgan fingerprint density at radius 2 is 1.92 bits per heavy atom. The molecule has 24 heavy (non-hydrogen) atoms. The molecule has 0 aliphatic rings. The van der Waals surface area contributed by atoms with Gasteiger partial charge in [0.05, 0.1) is 29.7 Å². The lowest BCUT2D eigenvalue weighted by atomic mass is 10.0. The molecule has 0 saturated carbocycles. The van der Waals surface area contributed by atoms with E-state index in [1.165, 1.54) is 0 Å². The van der Waals surface area contributed by atoms with Gasteiger partial charge in [0.1, 0.15) is 4.60 Å². The van der Waals surface area contributed by atoms with E-state index < -0.39 is 10.3 Å². The number of halogens is 1. The summed E-state index contributed by atoms with van der Waals surface area (Å²) < 4.78 is 7.19. The van der Waals surface area contributed by atoms with Crippen molar-refractivity contribution in [3.63, 3.8) is 0 Å². The number of amides is 1. The molecule has 0 radical (unpaired) electrons. The molecular formula is C17H30BrN3O2S. The first kappa shape index (κ1) is 21.3. The van der Waals surface area contributed by atoms with Crippen LogP contribution in [0.25, 0.3) is 0 Å². The minimum absolute atomic E-state index is 0.117. The van der Waals surface area contributed by atoms with Gasteiger partial charge in [-0.25, -0.2) is 4.98 Å². The van der Waals surface area contributed by atoms with E-state index in [9.17, 15) is 4.79 Å². The van der Waals surface area contributed by atoms with Crippen LogP contribution in [0.5, 0.6) is 0 Å². The van der Waals surface area contributed by atoms with E-state index in [2.05, 4.69) is 78.3 Å². The van der Waals surface area contributed by atoms with Crippen molar-refractivity contribution >= 4 is 44.0 Å². The topological polar surface area (TPSA) is 54.5 Å². The van der Waals surface area contributed by atoms with Crippen molar-refractivity contribution in [1.29, 1.82) is 0 Å². The second-order valence-electron chi connectivity index (χ2n) is 7.77. The highest BCUT2D eigenvalue weighted by Crippen LogP contribution is 2.54. The number of anilines is 2. The van der Waals surface area contributed by atoms with E-state index in [4.69, 9.17) is 4.18 Å². The first-order valence-electron chi connectivity index (χ1n) is 7.79. The highest BCUT2D eigenvalue weighted by Gasteiger charge is 2.33. The maximum atomic E-state index is 10.9. The Morgan fingerprint density at radius 1 is 1.33 bits per heavy atom. The highest BCUT2D eigenvalue weighted by molar-refractivity contribution is 9.10. The molecule has 0 aromatic carbocycles. The SMILES string of the molecule is CN(c1cc(Br)ncc1NC=O)C(C)(C)COS(C)(C)C(C)(C)C. The van der Waals surface area contributed by atoms with Gasteiger partial charge < -0.3 is 14.4 Å². The fourth-order valence-corrected chi connectivity index (χ4v) is 3.02. The lowest BCUT2D eigenvalue weighted by Gasteiger charge is -2.47. The Bertz CT molecular complexity index is 586. The van der Waals surface area contributed by atoms with Gasteiger partial charge in [-0.05, 0) is 48.4 Å². The average molecular weight is 420 g/mol. The van der Waals surface area contributed by atoms with Gasteiger partial charge in [-0.15, -0.1) is 10.3 Å². The van der Waals surface area contributed by atoms with Crippen LogP contribution < -0.4 is 10.2 Å². The first-order valence-corrected chi connectivity index (χ1v) is 11.0. The summed E-state index contributed by atoms with van der Waals surface area (Å²) in [4.78, 5) is 17.2. The zero-order valence-electron chi connectivity index (χ0n) is 15.9. The van der Waals surface area contributed by atoms with Gasteiger partial charge >= 0.3 is 0 Å². The lowest BCUT2D eigenvalue weighted by Crippen LogP contribution is -2.46. The molecule has 0 saturated heterocycles. The Morgan fingerprint density at radius 3 is 2.42 bits per heavy atom. The van der Waals surface area contributed by atoms with Crippen molar-refractivity contribution in [3.05, 3.63) is 16.9 Å². The zero-order valence-corrected chi connectivity index (χ0v) is 18.3. The lowest BCUT2D eigenvalue weighted by molar-refractivity contribution is -0.105. The van der Waals surface area contributed by atoms with E-state index in [-0.39, 0.29) is 10.3 Å². The summed E-state index contributed by atoms with van der Waals surface area (Å²) in [6, 6.07) is 1.90. The average Bonchev–Trinajstić information content (AvgIpc) is 2.45. The first-order chi connectivity index (χ1) is 10.8. The van der Waals surface area contributed by atoms with Crippen molar-refractivity contribution in [1.82, 2.24) is 4.98 Å². The van der Waals surface area contributed by atoms with Crippen molar-refractivity contribution in [3.8, 4) is 0 Å². The Balaban J connectivity index is 3.02. The predicted octanol–water partition coefficient (Wildman–Crippen LogP) is 4.42. The highest BCUT2D eigenvalue weighted by atomic mass is 79.9. The van der Waals surface area contributed by atoms with Gasteiger partial charge in [0.15, 0.2) is 0 Å². The number of hydrogen-bond donors (Lipinski definition) is 1. The maximum absolute atomic E-state index is 10.9. The monoisotopic (exact) mass is 419 g/mol. The molecule has 0 spiro atoms. The predicted molar refractivity (Wildman–Crippen MR) is 109 cm³/mol. The second-order valence-corrected chi connectivity index (χ2v) is 12.5. The molecule has 138 valence electrons. The molecule has 1 rings (SSSR count). The van der Waals surface area contributed by atoms with Crippen LogP contribution in [0.15, 0.2) is 16.9 Å². The fraction of sp³-hybridized carbons (Fsp3) is 0.647. The summed E-state index contributed by atoms with van der Waals surface area (Å²) in [7, 11) is 0.805. The minimum Gasteiger partial charge on any atom is -0.365 e. The van der Waals surface area contributed by atoms with Crippen LogP contribution in [0.2, 0.25) is 0 Å². The number of rotatable bonds is 7. The van der Waals surface area contributed by atoms with Gasteiger partial charge in [0.2, 0.25) is 6.41 Å². The van der Waals surface area contributed by atoms with Crippen molar-refractivity contribution in [2.45, 2.75) is 44.9 Å². The summed E-state index contributed by atoms with van der Waals surface area (Å²) in [6.45, 7) is 11.5. The Hall–Kier alpha value is -0.790. The van der Waals surface area contributed by atoms with Crippen molar-refractivity contribution in [2.24, 2.45) is 0 Å². The number of carbonyl (C=O) groups excluding carboxylic acids is 1. The summed E-state index contributed by atoms with van der Waals surface area (Å²) in [5, 5.41) is 2.71. The molecule has 0 bridgehead atoms. The molecule has 5 nitrogen and oxygen atoms in total. The third-order valence-electron chi connectivity index (χ3n) is 4.51. The molecule has 0 unspecified atom stereocenters. The number of nitrogens with one attached hydrogen (secondary N) is 1. The largest absolute Gasteiger partial charge is 0.365 e. The molecule has 1 heterocycles. The molecule has 0 aliphatic carbocycles. The summed E-state index contributed by atoms with van der Waals surface area (Å²) in [5.41, 5.74) is 1.31.